The summed E-state index contributed by atoms with van der Waals surface area (Å²) in [5.41, 5.74) is 0.136. The van der Waals surface area contributed by atoms with Crippen LogP contribution in [-0.4, -0.2) is 18.1 Å². The molecule has 0 aliphatic rings. The van der Waals surface area contributed by atoms with Crippen LogP contribution < -0.4 is 0 Å². The minimum absolute atomic E-state index is 0.136. The third-order valence-electron chi connectivity index (χ3n) is 1.33. The maximum atomic E-state index is 11.0. The predicted octanol–water partition coefficient (Wildman–Crippen LogP) is 2.18. The van der Waals surface area contributed by atoms with E-state index in [2.05, 4.69) is 30.5 Å². The van der Waals surface area contributed by atoms with Crippen molar-refractivity contribution in [2.45, 2.75) is 0 Å². The van der Waals surface area contributed by atoms with Crippen LogP contribution in [0.5, 0.6) is 0 Å². The molecule has 0 aliphatic heterocycles. The molecule has 0 saturated heterocycles. The molecule has 1 heterocycles. The number of halogens is 1. The smallest absolute Gasteiger partial charge is 0.380 e. The fourth-order valence-corrected chi connectivity index (χ4v) is 1.04. The summed E-state index contributed by atoms with van der Waals surface area (Å²) < 4.78 is 5.02. The van der Waals surface area contributed by atoms with Gasteiger partial charge in [-0.2, -0.15) is 0 Å². The number of methoxy groups -OCH3 is 1. The molecule has 5 heteroatoms. The van der Waals surface area contributed by atoms with Crippen molar-refractivity contribution in [3.8, 4) is 0 Å². The fourth-order valence-electron chi connectivity index (χ4n) is 0.728. The number of nitrogens with zero attached hydrogens (tertiary/aromatic N) is 2. The molecule has 1 aromatic rings. The lowest BCUT2D eigenvalue weighted by Gasteiger charge is -1.96. The number of ether oxygens (including phenoxy) is 1. The number of aromatic nitrogens is 1. The highest BCUT2D eigenvalue weighted by atomic mass is 79.9. The third-order valence-corrected chi connectivity index (χ3v) is 1.95. The van der Waals surface area contributed by atoms with Crippen LogP contribution in [0.3, 0.4) is 0 Å². The minimum atomic E-state index is -0.544. The lowest BCUT2D eigenvalue weighted by atomic mass is 10.3. The van der Waals surface area contributed by atoms with E-state index in [9.17, 15) is 4.79 Å². The van der Waals surface area contributed by atoms with Crippen molar-refractivity contribution in [2.75, 3.05) is 7.11 Å². The molecule has 0 spiro atoms. The predicted molar refractivity (Wildman–Crippen MR) is 49.5 cm³/mol. The summed E-state index contributed by atoms with van der Waals surface area (Å²) >= 11 is 3.13. The van der Waals surface area contributed by atoms with E-state index in [4.69, 9.17) is 6.57 Å². The lowest BCUT2D eigenvalue weighted by Crippen LogP contribution is -2.03. The standard InChI is InChI=1S/C8H5BrN2O2/c1-10-7-5(9)3-4-6(11-7)8(12)13-2/h3-4H,2H3. The molecule has 0 N–H and O–H groups in total. The average molecular weight is 241 g/mol. The van der Waals surface area contributed by atoms with Gasteiger partial charge in [0.25, 0.3) is 5.82 Å². The van der Waals surface area contributed by atoms with Crippen LogP contribution >= 0.6 is 15.9 Å². The van der Waals surface area contributed by atoms with Gasteiger partial charge in [-0.1, -0.05) is 28.6 Å². The Hall–Kier alpha value is -1.41. The Morgan fingerprint density at radius 3 is 2.92 bits per heavy atom. The first-order valence-electron chi connectivity index (χ1n) is 3.31. The van der Waals surface area contributed by atoms with Crippen molar-refractivity contribution < 1.29 is 9.53 Å². The molecule has 0 atom stereocenters. The van der Waals surface area contributed by atoms with E-state index < -0.39 is 5.97 Å². The number of rotatable bonds is 1. The highest BCUT2D eigenvalue weighted by Crippen LogP contribution is 2.22. The molecule has 0 unspecified atom stereocenters. The molecule has 1 rings (SSSR count). The molecule has 0 bridgehead atoms. The molecule has 0 fully saturated rings. The SMILES string of the molecule is [C-]#[N+]c1nc(C(=O)OC)ccc1Br. The van der Waals surface area contributed by atoms with Gasteiger partial charge in [-0.15, -0.1) is 4.98 Å². The van der Waals surface area contributed by atoms with Gasteiger partial charge in [-0.3, -0.25) is 0 Å². The van der Waals surface area contributed by atoms with Gasteiger partial charge in [0, 0.05) is 4.47 Å². The van der Waals surface area contributed by atoms with E-state index in [0.29, 0.717) is 4.47 Å². The molecular weight excluding hydrogens is 236 g/mol. The normalized spacial score (nSPS) is 9.00. The number of carbonyl (C=O) groups excluding carboxylic acids is 1. The molecule has 0 amide bonds. The van der Waals surface area contributed by atoms with Gasteiger partial charge in [-0.25, -0.2) is 4.79 Å². The maximum absolute atomic E-state index is 11.0. The molecule has 66 valence electrons. The van der Waals surface area contributed by atoms with Gasteiger partial charge in [0.1, 0.15) is 0 Å². The Labute approximate surface area is 83.5 Å². The molecule has 1 aromatic heterocycles. The van der Waals surface area contributed by atoms with Crippen molar-refractivity contribution >= 4 is 27.7 Å². The Bertz CT molecular complexity index is 384. The van der Waals surface area contributed by atoms with Crippen LogP contribution in [0, 0.1) is 6.57 Å². The van der Waals surface area contributed by atoms with Crippen molar-refractivity contribution in [2.24, 2.45) is 0 Å². The monoisotopic (exact) mass is 240 g/mol. The summed E-state index contributed by atoms with van der Waals surface area (Å²) in [6.45, 7) is 6.76. The van der Waals surface area contributed by atoms with Gasteiger partial charge < -0.3 is 9.58 Å². The first-order valence-corrected chi connectivity index (χ1v) is 4.10. The second kappa shape index (κ2) is 4.01. The third kappa shape index (κ3) is 2.04. The van der Waals surface area contributed by atoms with Crippen LogP contribution in [0.1, 0.15) is 10.5 Å². The van der Waals surface area contributed by atoms with E-state index in [1.807, 2.05) is 0 Å². The largest absolute Gasteiger partial charge is 0.463 e. The van der Waals surface area contributed by atoms with E-state index in [1.54, 1.807) is 6.07 Å². The fraction of sp³-hybridized carbons (Fsp3) is 0.125. The van der Waals surface area contributed by atoms with E-state index in [1.165, 1.54) is 13.2 Å². The van der Waals surface area contributed by atoms with Crippen LogP contribution in [0.4, 0.5) is 5.82 Å². The number of hydrogen-bond acceptors (Lipinski definition) is 3. The Balaban J connectivity index is 3.15. The lowest BCUT2D eigenvalue weighted by molar-refractivity contribution is 0.0594. The first-order chi connectivity index (χ1) is 6.19. The Morgan fingerprint density at radius 2 is 2.38 bits per heavy atom. The highest BCUT2D eigenvalue weighted by Gasteiger charge is 2.13. The summed E-state index contributed by atoms with van der Waals surface area (Å²) in [7, 11) is 1.27. The summed E-state index contributed by atoms with van der Waals surface area (Å²) in [6.07, 6.45) is 0. The Morgan fingerprint density at radius 1 is 1.69 bits per heavy atom. The topological polar surface area (TPSA) is 43.5 Å². The molecule has 0 aromatic carbocycles. The zero-order valence-corrected chi connectivity index (χ0v) is 8.33. The number of esters is 1. The van der Waals surface area contributed by atoms with Crippen molar-refractivity contribution in [1.29, 1.82) is 0 Å². The number of carbonyl (C=O) groups is 1. The van der Waals surface area contributed by atoms with E-state index in [-0.39, 0.29) is 11.5 Å². The number of hydrogen-bond donors (Lipinski definition) is 0. The molecule has 13 heavy (non-hydrogen) atoms. The van der Waals surface area contributed by atoms with E-state index >= 15 is 0 Å². The van der Waals surface area contributed by atoms with Crippen LogP contribution in [-0.2, 0) is 4.74 Å². The van der Waals surface area contributed by atoms with Crippen LogP contribution in [0.15, 0.2) is 16.6 Å². The summed E-state index contributed by atoms with van der Waals surface area (Å²) in [6, 6.07) is 3.08. The minimum Gasteiger partial charge on any atom is -0.463 e. The highest BCUT2D eigenvalue weighted by molar-refractivity contribution is 9.10. The molecule has 0 saturated carbocycles. The van der Waals surface area contributed by atoms with Crippen molar-refractivity contribution in [1.82, 2.24) is 4.98 Å². The van der Waals surface area contributed by atoms with Gasteiger partial charge >= 0.3 is 5.97 Å². The zero-order chi connectivity index (χ0) is 9.84. The van der Waals surface area contributed by atoms with Gasteiger partial charge in [0.2, 0.25) is 5.69 Å². The zero-order valence-electron chi connectivity index (χ0n) is 6.74. The van der Waals surface area contributed by atoms with Crippen molar-refractivity contribution in [3.05, 3.63) is 33.7 Å². The van der Waals surface area contributed by atoms with Gasteiger partial charge in [0.05, 0.1) is 7.11 Å². The molecule has 4 nitrogen and oxygen atoms in total. The Kier molecular flexibility index (Phi) is 2.98. The molecule has 0 aliphatic carbocycles. The van der Waals surface area contributed by atoms with Crippen LogP contribution in [0.2, 0.25) is 0 Å². The average Bonchev–Trinajstić information content (AvgIpc) is 2.17. The van der Waals surface area contributed by atoms with E-state index in [0.717, 1.165) is 0 Å². The van der Waals surface area contributed by atoms with Crippen LogP contribution in [0.25, 0.3) is 4.85 Å². The second-order valence-corrected chi connectivity index (χ2v) is 2.96. The number of pyridine rings is 1. The van der Waals surface area contributed by atoms with Gasteiger partial charge in [0.15, 0.2) is 0 Å². The first kappa shape index (κ1) is 9.68. The molecule has 0 radical (unpaired) electrons. The second-order valence-electron chi connectivity index (χ2n) is 2.11. The van der Waals surface area contributed by atoms with Gasteiger partial charge in [-0.05, 0) is 6.07 Å². The summed E-state index contributed by atoms with van der Waals surface area (Å²) in [4.78, 5) is 17.9. The quantitative estimate of drug-likeness (QED) is 0.559. The summed E-state index contributed by atoms with van der Waals surface area (Å²) in [5, 5.41) is 0. The maximum Gasteiger partial charge on any atom is 0.380 e. The van der Waals surface area contributed by atoms with Crippen molar-refractivity contribution in [3.63, 3.8) is 0 Å². The molecular formula is C8H5BrN2O2. The summed E-state index contributed by atoms with van der Waals surface area (Å²) in [5.74, 6) is -0.389.